The van der Waals surface area contributed by atoms with Crippen molar-refractivity contribution in [2.45, 2.75) is 32.6 Å². The molecule has 1 aromatic rings. The zero-order valence-electron chi connectivity index (χ0n) is 13.2. The second-order valence-electron chi connectivity index (χ2n) is 6.17. The Morgan fingerprint density at radius 3 is 2.59 bits per heavy atom. The normalized spacial score (nSPS) is 21.2. The van der Waals surface area contributed by atoms with Crippen LogP contribution in [0.4, 0.5) is 5.13 Å². The fourth-order valence-electron chi connectivity index (χ4n) is 3.15. The molecule has 2 fully saturated rings. The van der Waals surface area contributed by atoms with E-state index in [2.05, 4.69) is 26.7 Å². The molecule has 1 aliphatic carbocycles. The predicted molar refractivity (Wildman–Crippen MR) is 104 cm³/mol. The van der Waals surface area contributed by atoms with E-state index in [1.807, 2.05) is 11.6 Å². The molecule has 5 nitrogen and oxygen atoms in total. The van der Waals surface area contributed by atoms with E-state index in [9.17, 15) is 0 Å². The van der Waals surface area contributed by atoms with Crippen molar-refractivity contribution in [3.8, 4) is 0 Å². The molecule has 7 heteroatoms. The van der Waals surface area contributed by atoms with Gasteiger partial charge in [0.2, 0.25) is 0 Å². The monoisotopic (exact) mass is 435 g/mol. The van der Waals surface area contributed by atoms with Crippen LogP contribution in [0.3, 0.4) is 0 Å². The zero-order chi connectivity index (χ0) is 14.7. The van der Waals surface area contributed by atoms with E-state index in [-0.39, 0.29) is 24.0 Å². The molecule has 124 valence electrons. The topological polar surface area (TPSA) is 57.8 Å². The van der Waals surface area contributed by atoms with Crippen LogP contribution in [0.5, 0.6) is 0 Å². The van der Waals surface area contributed by atoms with Crippen molar-refractivity contribution < 1.29 is 0 Å². The van der Waals surface area contributed by atoms with Crippen LogP contribution >= 0.6 is 35.3 Å². The number of aromatic nitrogens is 1. The molecule has 2 aliphatic rings. The SMILES string of the molecule is CCC1(CN=C(N)N2CCN(c3nccs3)CC2)CCC1.I. The van der Waals surface area contributed by atoms with E-state index in [1.165, 1.54) is 25.7 Å². The highest BCUT2D eigenvalue weighted by molar-refractivity contribution is 14.0. The molecule has 0 atom stereocenters. The van der Waals surface area contributed by atoms with Gasteiger partial charge in [0, 0.05) is 44.3 Å². The Labute approximate surface area is 154 Å². The van der Waals surface area contributed by atoms with Gasteiger partial charge in [-0.2, -0.15) is 0 Å². The largest absolute Gasteiger partial charge is 0.370 e. The first-order valence-corrected chi connectivity index (χ1v) is 8.80. The molecular formula is C15H26IN5S. The number of thiazole rings is 1. The number of halogens is 1. The van der Waals surface area contributed by atoms with Crippen LogP contribution in [-0.4, -0.2) is 48.6 Å². The number of aliphatic imine (C=N–C) groups is 1. The van der Waals surface area contributed by atoms with Crippen LogP contribution in [0.25, 0.3) is 0 Å². The first-order chi connectivity index (χ1) is 10.2. The lowest BCUT2D eigenvalue weighted by Crippen LogP contribution is -2.51. The van der Waals surface area contributed by atoms with Crippen molar-refractivity contribution in [3.05, 3.63) is 11.6 Å². The number of guanidine groups is 1. The van der Waals surface area contributed by atoms with Gasteiger partial charge < -0.3 is 15.5 Å². The first-order valence-electron chi connectivity index (χ1n) is 7.92. The number of piperazine rings is 1. The van der Waals surface area contributed by atoms with Gasteiger partial charge in [-0.1, -0.05) is 13.3 Å². The maximum Gasteiger partial charge on any atom is 0.191 e. The highest BCUT2D eigenvalue weighted by Gasteiger charge is 2.35. The average Bonchev–Trinajstić information content (AvgIpc) is 3.01. The fraction of sp³-hybridized carbons (Fsp3) is 0.733. The number of nitrogens with zero attached hydrogens (tertiary/aromatic N) is 4. The molecule has 0 spiro atoms. The molecule has 1 aromatic heterocycles. The summed E-state index contributed by atoms with van der Waals surface area (Å²) in [6, 6.07) is 0. The van der Waals surface area contributed by atoms with Gasteiger partial charge in [0.25, 0.3) is 0 Å². The smallest absolute Gasteiger partial charge is 0.191 e. The van der Waals surface area contributed by atoms with E-state index in [0.29, 0.717) is 5.41 Å². The molecule has 2 heterocycles. The minimum absolute atomic E-state index is 0. The maximum absolute atomic E-state index is 6.20. The summed E-state index contributed by atoms with van der Waals surface area (Å²) in [4.78, 5) is 13.6. The van der Waals surface area contributed by atoms with Crippen LogP contribution in [0.2, 0.25) is 0 Å². The third-order valence-corrected chi connectivity index (χ3v) is 5.87. The lowest BCUT2D eigenvalue weighted by molar-refractivity contribution is 0.138. The van der Waals surface area contributed by atoms with E-state index in [0.717, 1.165) is 43.8 Å². The van der Waals surface area contributed by atoms with Gasteiger partial charge in [-0.3, -0.25) is 4.99 Å². The summed E-state index contributed by atoms with van der Waals surface area (Å²) in [7, 11) is 0. The standard InChI is InChI=1S/C15H25N5S.HI/c1-2-15(4-3-5-15)12-18-13(16)19-7-9-20(10-8-19)14-17-6-11-21-14;/h6,11H,2-5,7-10,12H2,1H3,(H2,16,18);1H. The quantitative estimate of drug-likeness (QED) is 0.449. The second kappa shape index (κ2) is 7.81. The molecule has 22 heavy (non-hydrogen) atoms. The van der Waals surface area contributed by atoms with Crippen molar-refractivity contribution in [2.24, 2.45) is 16.1 Å². The Hall–Kier alpha value is -0.570. The van der Waals surface area contributed by atoms with Crippen molar-refractivity contribution in [2.75, 3.05) is 37.6 Å². The summed E-state index contributed by atoms with van der Waals surface area (Å²) in [5, 5.41) is 3.14. The molecule has 1 saturated carbocycles. The molecule has 3 rings (SSSR count). The van der Waals surface area contributed by atoms with E-state index >= 15 is 0 Å². The summed E-state index contributed by atoms with van der Waals surface area (Å²) >= 11 is 1.70. The molecular weight excluding hydrogens is 409 g/mol. The van der Waals surface area contributed by atoms with Gasteiger partial charge in [-0.15, -0.1) is 35.3 Å². The lowest BCUT2D eigenvalue weighted by atomic mass is 9.67. The van der Waals surface area contributed by atoms with Crippen LogP contribution in [0.1, 0.15) is 32.6 Å². The summed E-state index contributed by atoms with van der Waals surface area (Å²) in [5.41, 5.74) is 6.65. The number of anilines is 1. The second-order valence-corrected chi connectivity index (χ2v) is 7.04. The molecule has 2 N–H and O–H groups in total. The van der Waals surface area contributed by atoms with Crippen molar-refractivity contribution in [1.29, 1.82) is 0 Å². The van der Waals surface area contributed by atoms with Crippen molar-refractivity contribution in [1.82, 2.24) is 9.88 Å². The van der Waals surface area contributed by atoms with Crippen LogP contribution < -0.4 is 10.6 Å². The Morgan fingerprint density at radius 1 is 1.36 bits per heavy atom. The summed E-state index contributed by atoms with van der Waals surface area (Å²) in [5.74, 6) is 0.730. The molecule has 0 bridgehead atoms. The number of hydrogen-bond acceptors (Lipinski definition) is 4. The van der Waals surface area contributed by atoms with Gasteiger partial charge in [0.15, 0.2) is 11.1 Å². The Bertz CT molecular complexity index is 473. The molecule has 0 amide bonds. The van der Waals surface area contributed by atoms with E-state index < -0.39 is 0 Å². The molecule has 1 aliphatic heterocycles. The lowest BCUT2D eigenvalue weighted by Gasteiger charge is -2.40. The Balaban J connectivity index is 0.00000176. The van der Waals surface area contributed by atoms with E-state index in [1.54, 1.807) is 11.3 Å². The highest BCUT2D eigenvalue weighted by Crippen LogP contribution is 2.43. The predicted octanol–water partition coefficient (Wildman–Crippen LogP) is 2.78. The van der Waals surface area contributed by atoms with Crippen molar-refractivity contribution >= 4 is 46.4 Å². The van der Waals surface area contributed by atoms with Gasteiger partial charge in [0.05, 0.1) is 0 Å². The summed E-state index contributed by atoms with van der Waals surface area (Å²) in [6.45, 7) is 7.01. The minimum atomic E-state index is 0. The molecule has 1 saturated heterocycles. The average molecular weight is 435 g/mol. The van der Waals surface area contributed by atoms with Gasteiger partial charge in [-0.05, 0) is 24.7 Å². The molecule has 0 radical (unpaired) electrons. The minimum Gasteiger partial charge on any atom is -0.370 e. The van der Waals surface area contributed by atoms with Gasteiger partial charge in [0.1, 0.15) is 0 Å². The number of hydrogen-bond donors (Lipinski definition) is 1. The van der Waals surface area contributed by atoms with Crippen LogP contribution in [-0.2, 0) is 0 Å². The highest BCUT2D eigenvalue weighted by atomic mass is 127. The first kappa shape index (κ1) is 17.8. The Kier molecular flexibility index (Phi) is 6.31. The number of rotatable bonds is 4. The van der Waals surface area contributed by atoms with Gasteiger partial charge in [-0.25, -0.2) is 4.98 Å². The summed E-state index contributed by atoms with van der Waals surface area (Å²) < 4.78 is 0. The van der Waals surface area contributed by atoms with E-state index in [4.69, 9.17) is 5.73 Å². The van der Waals surface area contributed by atoms with Crippen LogP contribution in [0, 0.1) is 5.41 Å². The van der Waals surface area contributed by atoms with Gasteiger partial charge >= 0.3 is 0 Å². The fourth-order valence-corrected chi connectivity index (χ4v) is 3.84. The zero-order valence-corrected chi connectivity index (χ0v) is 16.3. The Morgan fingerprint density at radius 2 is 2.09 bits per heavy atom. The summed E-state index contributed by atoms with van der Waals surface area (Å²) in [6.07, 6.45) is 7.08. The third kappa shape index (κ3) is 3.84. The molecule has 0 unspecified atom stereocenters. The maximum atomic E-state index is 6.20. The molecule has 0 aromatic carbocycles. The van der Waals surface area contributed by atoms with Crippen molar-refractivity contribution in [3.63, 3.8) is 0 Å². The number of nitrogens with two attached hydrogens (primary N) is 1. The van der Waals surface area contributed by atoms with Crippen LogP contribution in [0.15, 0.2) is 16.6 Å². The third-order valence-electron chi connectivity index (χ3n) is 5.03.